The Morgan fingerprint density at radius 3 is 2.69 bits per heavy atom. The van der Waals surface area contributed by atoms with Crippen molar-refractivity contribution in [3.63, 3.8) is 0 Å². The third kappa shape index (κ3) is 5.20. The van der Waals surface area contributed by atoms with E-state index in [2.05, 4.69) is 24.5 Å². The van der Waals surface area contributed by atoms with Crippen LogP contribution in [0.1, 0.15) is 49.0 Å². The molecule has 0 aliphatic rings. The number of anilines is 1. The molecule has 0 aliphatic carbocycles. The lowest BCUT2D eigenvalue weighted by atomic mass is 9.98. The van der Waals surface area contributed by atoms with E-state index in [1.807, 2.05) is 19.1 Å². The smallest absolute Gasteiger partial charge is 0.257 e. The molecule has 1 amide bonds. The second-order valence-electron chi connectivity index (χ2n) is 5.95. The molecule has 2 rings (SSSR count). The number of benzene rings is 2. The van der Waals surface area contributed by atoms with E-state index in [4.69, 9.17) is 17.0 Å². The van der Waals surface area contributed by atoms with Crippen molar-refractivity contribution in [3.05, 3.63) is 53.6 Å². The average Bonchev–Trinajstić information content (AvgIpc) is 2.63. The highest BCUT2D eigenvalue weighted by atomic mass is 32.1. The second-order valence-corrected chi connectivity index (χ2v) is 6.36. The van der Waals surface area contributed by atoms with Crippen LogP contribution in [0.3, 0.4) is 0 Å². The molecular formula is C20H24N2O3S. The minimum absolute atomic E-state index is 0.0759. The van der Waals surface area contributed by atoms with Crippen LogP contribution in [-0.2, 0) is 0 Å². The molecule has 0 aliphatic heterocycles. The first-order valence-electron chi connectivity index (χ1n) is 8.62. The van der Waals surface area contributed by atoms with Gasteiger partial charge in [-0.2, -0.15) is 0 Å². The molecule has 0 radical (unpaired) electrons. The molecule has 2 aromatic carbocycles. The van der Waals surface area contributed by atoms with E-state index in [-0.39, 0.29) is 16.8 Å². The van der Waals surface area contributed by atoms with E-state index in [0.29, 0.717) is 29.5 Å². The van der Waals surface area contributed by atoms with Crippen LogP contribution < -0.4 is 15.4 Å². The molecule has 0 saturated heterocycles. The van der Waals surface area contributed by atoms with Crippen molar-refractivity contribution in [1.82, 2.24) is 5.32 Å². The molecule has 0 saturated carbocycles. The molecule has 5 nitrogen and oxygen atoms in total. The van der Waals surface area contributed by atoms with Gasteiger partial charge in [-0.1, -0.05) is 26.0 Å². The molecule has 1 atom stereocenters. The number of ether oxygens (including phenoxy) is 1. The molecule has 0 spiro atoms. The molecule has 0 bridgehead atoms. The van der Waals surface area contributed by atoms with Gasteiger partial charge in [-0.3, -0.25) is 10.1 Å². The van der Waals surface area contributed by atoms with Crippen molar-refractivity contribution in [2.24, 2.45) is 0 Å². The summed E-state index contributed by atoms with van der Waals surface area (Å²) in [7, 11) is 0. The molecule has 6 heteroatoms. The van der Waals surface area contributed by atoms with E-state index >= 15 is 0 Å². The quantitative estimate of drug-likeness (QED) is 0.517. The first-order chi connectivity index (χ1) is 12.4. The minimum atomic E-state index is -0.346. The summed E-state index contributed by atoms with van der Waals surface area (Å²) < 4.78 is 5.40. The zero-order valence-electron chi connectivity index (χ0n) is 15.2. The Kier molecular flexibility index (Phi) is 6.97. The summed E-state index contributed by atoms with van der Waals surface area (Å²) in [4.78, 5) is 12.4. The third-order valence-electron chi connectivity index (χ3n) is 4.08. The van der Waals surface area contributed by atoms with Gasteiger partial charge in [-0.15, -0.1) is 0 Å². The van der Waals surface area contributed by atoms with Crippen LogP contribution >= 0.6 is 12.2 Å². The van der Waals surface area contributed by atoms with Gasteiger partial charge < -0.3 is 15.2 Å². The number of rotatable bonds is 6. The highest BCUT2D eigenvalue weighted by Crippen LogP contribution is 2.29. The zero-order chi connectivity index (χ0) is 19.1. The van der Waals surface area contributed by atoms with Crippen molar-refractivity contribution in [2.45, 2.75) is 33.1 Å². The highest BCUT2D eigenvalue weighted by Gasteiger charge is 2.12. The molecule has 0 unspecified atom stereocenters. The molecule has 3 N–H and O–H groups in total. The molecular weight excluding hydrogens is 348 g/mol. The van der Waals surface area contributed by atoms with Crippen LogP contribution in [0.25, 0.3) is 0 Å². The van der Waals surface area contributed by atoms with Gasteiger partial charge in [0, 0.05) is 5.56 Å². The van der Waals surface area contributed by atoms with Crippen molar-refractivity contribution >= 4 is 28.9 Å². The first kappa shape index (κ1) is 19.7. The number of amides is 1. The molecule has 2 aromatic rings. The van der Waals surface area contributed by atoms with Gasteiger partial charge in [-0.05, 0) is 67.4 Å². The van der Waals surface area contributed by atoms with E-state index in [0.717, 1.165) is 12.0 Å². The Hall–Kier alpha value is -2.60. The summed E-state index contributed by atoms with van der Waals surface area (Å²) in [6, 6.07) is 12.2. The SMILES string of the molecule is CCOc1cccc(C(=O)NC(=S)Nc2cc([C@@H](C)CC)ccc2O)c1. The lowest BCUT2D eigenvalue weighted by molar-refractivity contribution is 0.0977. The Labute approximate surface area is 159 Å². The topological polar surface area (TPSA) is 70.6 Å². The number of nitrogens with one attached hydrogen (secondary N) is 2. The maximum absolute atomic E-state index is 12.4. The predicted molar refractivity (Wildman–Crippen MR) is 108 cm³/mol. The lowest BCUT2D eigenvalue weighted by Gasteiger charge is -2.15. The van der Waals surface area contributed by atoms with Crippen LogP contribution in [0.2, 0.25) is 0 Å². The van der Waals surface area contributed by atoms with Crippen LogP contribution in [0.15, 0.2) is 42.5 Å². The standard InChI is InChI=1S/C20H24N2O3S/c1-4-13(3)14-9-10-18(23)17(12-14)21-20(26)22-19(24)15-7-6-8-16(11-15)25-5-2/h6-13,23H,4-5H2,1-3H3,(H2,21,22,24,26)/t13-/m0/s1. The van der Waals surface area contributed by atoms with Crippen LogP contribution in [0.5, 0.6) is 11.5 Å². The van der Waals surface area contributed by atoms with Crippen molar-refractivity contribution < 1.29 is 14.6 Å². The Morgan fingerprint density at radius 2 is 2.00 bits per heavy atom. The van der Waals surface area contributed by atoms with Crippen molar-refractivity contribution in [2.75, 3.05) is 11.9 Å². The van der Waals surface area contributed by atoms with Crippen LogP contribution in [0, 0.1) is 0 Å². The molecule has 0 fully saturated rings. The number of hydrogen-bond donors (Lipinski definition) is 3. The van der Waals surface area contributed by atoms with Crippen LogP contribution in [0.4, 0.5) is 5.69 Å². The maximum Gasteiger partial charge on any atom is 0.257 e. The summed E-state index contributed by atoms with van der Waals surface area (Å²) in [6.07, 6.45) is 0.988. The van der Waals surface area contributed by atoms with E-state index in [1.54, 1.807) is 30.3 Å². The second kappa shape index (κ2) is 9.20. The number of hydrogen-bond acceptors (Lipinski definition) is 4. The Balaban J connectivity index is 2.06. The number of carbonyl (C=O) groups excluding carboxylic acids is 1. The van der Waals surface area contributed by atoms with Crippen molar-refractivity contribution in [1.29, 1.82) is 0 Å². The summed E-state index contributed by atoms with van der Waals surface area (Å²) >= 11 is 5.21. The summed E-state index contributed by atoms with van der Waals surface area (Å²) in [6.45, 7) is 6.62. The predicted octanol–water partition coefficient (Wildman–Crippen LogP) is 4.43. The van der Waals surface area contributed by atoms with Gasteiger partial charge >= 0.3 is 0 Å². The van der Waals surface area contributed by atoms with Gasteiger partial charge in [0.15, 0.2) is 5.11 Å². The summed E-state index contributed by atoms with van der Waals surface area (Å²) in [5, 5.41) is 15.7. The average molecular weight is 372 g/mol. The first-order valence-corrected chi connectivity index (χ1v) is 9.03. The maximum atomic E-state index is 12.4. The third-order valence-corrected chi connectivity index (χ3v) is 4.29. The minimum Gasteiger partial charge on any atom is -0.506 e. The molecule has 0 heterocycles. The fourth-order valence-corrected chi connectivity index (χ4v) is 2.62. The van der Waals surface area contributed by atoms with Gasteiger partial charge in [-0.25, -0.2) is 0 Å². The number of phenols is 1. The Bertz CT molecular complexity index is 792. The molecule has 26 heavy (non-hydrogen) atoms. The van der Waals surface area contributed by atoms with Gasteiger partial charge in [0.25, 0.3) is 5.91 Å². The fraction of sp³-hybridized carbons (Fsp3) is 0.300. The number of phenolic OH excluding ortho intramolecular Hbond substituents is 1. The summed E-state index contributed by atoms with van der Waals surface area (Å²) in [5.74, 6) is 0.715. The van der Waals surface area contributed by atoms with Gasteiger partial charge in [0.2, 0.25) is 0 Å². The monoisotopic (exact) mass is 372 g/mol. The highest BCUT2D eigenvalue weighted by molar-refractivity contribution is 7.80. The lowest BCUT2D eigenvalue weighted by Crippen LogP contribution is -2.34. The number of thiocarbonyl (C=S) groups is 1. The van der Waals surface area contributed by atoms with Gasteiger partial charge in [0.1, 0.15) is 11.5 Å². The fourth-order valence-electron chi connectivity index (χ4n) is 2.42. The van der Waals surface area contributed by atoms with E-state index < -0.39 is 0 Å². The Morgan fingerprint density at radius 1 is 1.23 bits per heavy atom. The molecule has 0 aromatic heterocycles. The van der Waals surface area contributed by atoms with Crippen molar-refractivity contribution in [3.8, 4) is 11.5 Å². The van der Waals surface area contributed by atoms with Gasteiger partial charge in [0.05, 0.1) is 12.3 Å². The normalized spacial score (nSPS) is 11.5. The number of aromatic hydroxyl groups is 1. The van der Waals surface area contributed by atoms with Crippen LogP contribution in [-0.4, -0.2) is 22.7 Å². The van der Waals surface area contributed by atoms with E-state index in [1.165, 1.54) is 0 Å². The zero-order valence-corrected chi connectivity index (χ0v) is 16.0. The number of carbonyl (C=O) groups is 1. The molecule has 138 valence electrons. The summed E-state index contributed by atoms with van der Waals surface area (Å²) in [5.41, 5.74) is 2.00. The van der Waals surface area contributed by atoms with E-state index in [9.17, 15) is 9.90 Å². The largest absolute Gasteiger partial charge is 0.506 e.